The summed E-state index contributed by atoms with van der Waals surface area (Å²) < 4.78 is 15.2. The van der Waals surface area contributed by atoms with E-state index in [0.29, 0.717) is 24.3 Å². The number of benzene rings is 3. The summed E-state index contributed by atoms with van der Waals surface area (Å²) in [6.07, 6.45) is 0.480. The minimum atomic E-state index is -0.704. The fourth-order valence-corrected chi connectivity index (χ4v) is 5.66. The first-order valence-electron chi connectivity index (χ1n) is 13.0. The van der Waals surface area contributed by atoms with Crippen molar-refractivity contribution >= 4 is 23.4 Å². The van der Waals surface area contributed by atoms with Gasteiger partial charge in [0.1, 0.15) is 11.9 Å². The molecule has 6 rings (SSSR count). The predicted molar refractivity (Wildman–Crippen MR) is 142 cm³/mol. The molecule has 0 aromatic heterocycles. The summed E-state index contributed by atoms with van der Waals surface area (Å²) >= 11 is 0. The van der Waals surface area contributed by atoms with E-state index in [9.17, 15) is 14.4 Å². The van der Waals surface area contributed by atoms with Gasteiger partial charge in [0.25, 0.3) is 5.91 Å². The first-order valence-corrected chi connectivity index (χ1v) is 13.0. The van der Waals surface area contributed by atoms with Crippen LogP contribution >= 0.6 is 0 Å². The molecule has 0 saturated carbocycles. The molecule has 2 saturated heterocycles. The first kappa shape index (κ1) is 24.3. The van der Waals surface area contributed by atoms with Gasteiger partial charge in [-0.2, -0.15) is 0 Å². The minimum absolute atomic E-state index is 0.192. The summed E-state index contributed by atoms with van der Waals surface area (Å²) in [4.78, 5) is 42.6. The Bertz CT molecular complexity index is 1380. The number of hydrogen-bond acceptors (Lipinski definition) is 5. The molecule has 2 fully saturated rings. The summed E-state index contributed by atoms with van der Waals surface area (Å²) in [6, 6.07) is 21.3. The van der Waals surface area contributed by atoms with Gasteiger partial charge in [-0.25, -0.2) is 4.39 Å². The SMILES string of the molecule is O=C1CCC(N2Cc3cc(N4CCN(Cc5ccc(-c6ccccc6)cc5)CC4)c(F)cc3C2=O)C(=O)N1. The normalized spacial score (nSPS) is 20.0. The largest absolute Gasteiger partial charge is 0.367 e. The zero-order chi connectivity index (χ0) is 26.2. The van der Waals surface area contributed by atoms with Crippen molar-refractivity contribution in [3.8, 4) is 11.1 Å². The Balaban J connectivity index is 1.09. The van der Waals surface area contributed by atoms with Crippen LogP contribution in [0.3, 0.4) is 0 Å². The number of rotatable bonds is 5. The maximum atomic E-state index is 15.2. The standard InChI is InChI=1S/C30H29FN4O3/c31-25-17-24-23(19-35(30(24)38)26-10-11-28(36)32-29(26)37)16-27(25)34-14-12-33(13-15-34)18-20-6-8-22(9-7-20)21-4-2-1-3-5-21/h1-9,16-17,26H,10-15,18-19H2,(H,32,36,37). The molecule has 3 aliphatic heterocycles. The van der Waals surface area contributed by atoms with E-state index in [4.69, 9.17) is 0 Å². The molecule has 7 nitrogen and oxygen atoms in total. The van der Waals surface area contributed by atoms with Gasteiger partial charge in [0, 0.05) is 51.3 Å². The lowest BCUT2D eigenvalue weighted by molar-refractivity contribution is -0.136. The predicted octanol–water partition coefficient (Wildman–Crippen LogP) is 3.58. The average molecular weight is 513 g/mol. The lowest BCUT2D eigenvalue weighted by Crippen LogP contribution is -2.52. The fourth-order valence-electron chi connectivity index (χ4n) is 5.66. The summed E-state index contributed by atoms with van der Waals surface area (Å²) in [5.74, 6) is -1.57. The molecule has 3 amide bonds. The van der Waals surface area contributed by atoms with Crippen LogP contribution in [0.4, 0.5) is 10.1 Å². The van der Waals surface area contributed by atoms with Crippen molar-refractivity contribution in [2.24, 2.45) is 0 Å². The zero-order valence-electron chi connectivity index (χ0n) is 21.0. The van der Waals surface area contributed by atoms with E-state index in [2.05, 4.69) is 46.6 Å². The van der Waals surface area contributed by atoms with Gasteiger partial charge in [-0.1, -0.05) is 54.6 Å². The number of piperazine rings is 1. The van der Waals surface area contributed by atoms with Gasteiger partial charge in [-0.15, -0.1) is 0 Å². The van der Waals surface area contributed by atoms with Crippen molar-refractivity contribution < 1.29 is 18.8 Å². The van der Waals surface area contributed by atoms with Crippen LogP contribution in [0, 0.1) is 5.82 Å². The molecule has 38 heavy (non-hydrogen) atoms. The van der Waals surface area contributed by atoms with Crippen LogP contribution in [0.15, 0.2) is 66.7 Å². The lowest BCUT2D eigenvalue weighted by atomic mass is 10.0. The number of anilines is 1. The number of hydrogen-bond donors (Lipinski definition) is 1. The van der Waals surface area contributed by atoms with Gasteiger partial charge in [-0.3, -0.25) is 24.6 Å². The van der Waals surface area contributed by atoms with Crippen LogP contribution < -0.4 is 10.2 Å². The summed E-state index contributed by atoms with van der Waals surface area (Å²) in [5, 5.41) is 2.30. The second kappa shape index (κ2) is 10.0. The van der Waals surface area contributed by atoms with Crippen molar-refractivity contribution in [2.75, 3.05) is 31.1 Å². The third-order valence-corrected chi connectivity index (χ3v) is 7.77. The van der Waals surface area contributed by atoms with Gasteiger partial charge in [0.2, 0.25) is 11.8 Å². The Hall–Kier alpha value is -4.04. The van der Waals surface area contributed by atoms with Crippen molar-refractivity contribution in [1.29, 1.82) is 0 Å². The molecule has 194 valence electrons. The van der Waals surface area contributed by atoms with E-state index in [0.717, 1.165) is 25.2 Å². The summed E-state index contributed by atoms with van der Waals surface area (Å²) in [6.45, 7) is 4.06. The van der Waals surface area contributed by atoms with Crippen LogP contribution in [-0.4, -0.2) is 59.7 Å². The number of carbonyl (C=O) groups excluding carboxylic acids is 3. The van der Waals surface area contributed by atoms with Gasteiger partial charge in [0.15, 0.2) is 0 Å². The zero-order valence-corrected chi connectivity index (χ0v) is 21.0. The molecule has 1 atom stereocenters. The number of piperidine rings is 1. The maximum absolute atomic E-state index is 15.2. The first-order chi connectivity index (χ1) is 18.5. The molecular weight excluding hydrogens is 483 g/mol. The van der Waals surface area contributed by atoms with Gasteiger partial charge in [0.05, 0.1) is 5.69 Å². The van der Waals surface area contributed by atoms with Crippen molar-refractivity contribution in [3.05, 3.63) is 89.2 Å². The van der Waals surface area contributed by atoms with E-state index < -0.39 is 17.8 Å². The Morgan fingerprint density at radius 1 is 0.868 bits per heavy atom. The van der Waals surface area contributed by atoms with E-state index >= 15 is 4.39 Å². The highest BCUT2D eigenvalue weighted by atomic mass is 19.1. The number of imide groups is 1. The molecule has 1 unspecified atom stereocenters. The highest BCUT2D eigenvalue weighted by Crippen LogP contribution is 2.33. The van der Waals surface area contributed by atoms with Gasteiger partial charge >= 0.3 is 0 Å². The topological polar surface area (TPSA) is 73.0 Å². The highest BCUT2D eigenvalue weighted by molar-refractivity contribution is 6.05. The van der Waals surface area contributed by atoms with Crippen molar-refractivity contribution in [2.45, 2.75) is 32.0 Å². The smallest absolute Gasteiger partial charge is 0.255 e. The summed E-state index contributed by atoms with van der Waals surface area (Å²) in [7, 11) is 0. The van der Waals surface area contributed by atoms with Crippen LogP contribution in [0.1, 0.15) is 34.3 Å². The quantitative estimate of drug-likeness (QED) is 0.530. The molecule has 0 aliphatic carbocycles. The maximum Gasteiger partial charge on any atom is 0.255 e. The molecule has 0 spiro atoms. The van der Waals surface area contributed by atoms with E-state index in [1.54, 1.807) is 6.07 Å². The number of carbonyl (C=O) groups is 3. The molecule has 3 heterocycles. The number of nitrogens with one attached hydrogen (secondary N) is 1. The van der Waals surface area contributed by atoms with Crippen LogP contribution in [0.25, 0.3) is 11.1 Å². The fraction of sp³-hybridized carbons (Fsp3) is 0.300. The Morgan fingerprint density at radius 3 is 2.29 bits per heavy atom. The van der Waals surface area contributed by atoms with Crippen molar-refractivity contribution in [3.63, 3.8) is 0 Å². The van der Waals surface area contributed by atoms with Gasteiger partial charge < -0.3 is 9.80 Å². The van der Waals surface area contributed by atoms with E-state index in [-0.39, 0.29) is 31.2 Å². The molecule has 0 radical (unpaired) electrons. The third-order valence-electron chi connectivity index (χ3n) is 7.77. The molecule has 3 aromatic carbocycles. The number of nitrogens with zero attached hydrogens (tertiary/aromatic N) is 3. The lowest BCUT2D eigenvalue weighted by Gasteiger charge is -2.36. The minimum Gasteiger partial charge on any atom is -0.367 e. The van der Waals surface area contributed by atoms with Crippen LogP contribution in [-0.2, 0) is 22.7 Å². The Morgan fingerprint density at radius 2 is 1.58 bits per heavy atom. The van der Waals surface area contributed by atoms with Crippen molar-refractivity contribution in [1.82, 2.24) is 15.1 Å². The Kier molecular flexibility index (Phi) is 6.41. The number of halogens is 1. The van der Waals surface area contributed by atoms with Crippen LogP contribution in [0.5, 0.6) is 0 Å². The molecule has 1 N–H and O–H groups in total. The second-order valence-corrected chi connectivity index (χ2v) is 10.2. The monoisotopic (exact) mass is 512 g/mol. The number of fused-ring (bicyclic) bond motifs is 1. The Labute approximate surface area is 220 Å². The molecule has 0 bridgehead atoms. The molecule has 3 aromatic rings. The average Bonchev–Trinajstić information content (AvgIpc) is 3.24. The van der Waals surface area contributed by atoms with Crippen LogP contribution in [0.2, 0.25) is 0 Å². The van der Waals surface area contributed by atoms with E-state index in [1.807, 2.05) is 23.1 Å². The number of amides is 3. The molecule has 8 heteroatoms. The second-order valence-electron chi connectivity index (χ2n) is 10.2. The summed E-state index contributed by atoms with van der Waals surface area (Å²) in [5.41, 5.74) is 5.15. The molecule has 3 aliphatic rings. The van der Waals surface area contributed by atoms with E-state index in [1.165, 1.54) is 27.7 Å². The molecular formula is C30H29FN4O3. The van der Waals surface area contributed by atoms with Gasteiger partial charge in [-0.05, 0) is 40.8 Å². The highest BCUT2D eigenvalue weighted by Gasteiger charge is 2.40. The third kappa shape index (κ3) is 4.67.